The molecule has 0 radical (unpaired) electrons. The molecule has 0 aliphatic carbocycles. The lowest BCUT2D eigenvalue weighted by Crippen LogP contribution is -1.87. The van der Waals surface area contributed by atoms with Crippen LogP contribution in [0.2, 0.25) is 5.02 Å². The van der Waals surface area contributed by atoms with Crippen molar-refractivity contribution in [1.82, 2.24) is 0 Å². The van der Waals surface area contributed by atoms with Crippen molar-refractivity contribution >= 4 is 23.5 Å². The molecule has 0 N–H and O–H groups in total. The van der Waals surface area contributed by atoms with Gasteiger partial charge in [-0.25, -0.2) is 0 Å². The number of benzene rings is 2. The monoisotopic (exact) mass is 273 g/mol. The van der Waals surface area contributed by atoms with Crippen LogP contribution in [-0.2, 0) is 6.42 Å². The molecule has 2 rings (SSSR count). The number of aryl methyl sites for hydroxylation is 1. The van der Waals surface area contributed by atoms with Crippen molar-refractivity contribution in [3.63, 3.8) is 0 Å². The first-order valence-electron chi connectivity index (χ1n) is 6.19. The minimum Gasteiger partial charge on any atom is -0.497 e. The van der Waals surface area contributed by atoms with E-state index in [1.807, 2.05) is 42.6 Å². The smallest absolute Gasteiger partial charge is 0.118 e. The molecule has 0 saturated heterocycles. The van der Waals surface area contributed by atoms with Crippen LogP contribution in [0.1, 0.15) is 12.0 Å². The molecule has 2 nitrogen and oxygen atoms in total. The van der Waals surface area contributed by atoms with Gasteiger partial charge >= 0.3 is 0 Å². The van der Waals surface area contributed by atoms with Gasteiger partial charge in [-0.05, 0) is 42.7 Å². The van der Waals surface area contributed by atoms with Crippen molar-refractivity contribution < 1.29 is 4.74 Å². The molecule has 0 aliphatic heterocycles. The Balaban J connectivity index is 1.87. The van der Waals surface area contributed by atoms with Crippen LogP contribution in [0.3, 0.4) is 0 Å². The second kappa shape index (κ2) is 6.95. The first-order valence-corrected chi connectivity index (χ1v) is 6.57. The molecule has 0 saturated carbocycles. The van der Waals surface area contributed by atoms with E-state index in [4.69, 9.17) is 16.3 Å². The average molecular weight is 274 g/mol. The molecule has 0 aromatic heterocycles. The highest BCUT2D eigenvalue weighted by atomic mass is 35.5. The summed E-state index contributed by atoms with van der Waals surface area (Å²) in [6.45, 7) is 0. The Morgan fingerprint density at radius 3 is 2.53 bits per heavy atom. The largest absolute Gasteiger partial charge is 0.497 e. The fraction of sp³-hybridized carbons (Fsp3) is 0.188. The summed E-state index contributed by atoms with van der Waals surface area (Å²) < 4.78 is 5.12. The molecule has 3 heteroatoms. The zero-order chi connectivity index (χ0) is 13.5. The van der Waals surface area contributed by atoms with E-state index < -0.39 is 0 Å². The number of halogens is 1. The number of rotatable bonds is 5. The van der Waals surface area contributed by atoms with Gasteiger partial charge in [0.1, 0.15) is 5.75 Å². The van der Waals surface area contributed by atoms with Crippen LogP contribution in [0.5, 0.6) is 5.75 Å². The van der Waals surface area contributed by atoms with Gasteiger partial charge in [-0.1, -0.05) is 35.9 Å². The Morgan fingerprint density at radius 2 is 1.84 bits per heavy atom. The molecule has 0 spiro atoms. The first kappa shape index (κ1) is 13.6. The maximum atomic E-state index is 6.03. The van der Waals surface area contributed by atoms with E-state index in [2.05, 4.69) is 17.1 Å². The summed E-state index contributed by atoms with van der Waals surface area (Å²) >= 11 is 6.03. The summed E-state index contributed by atoms with van der Waals surface area (Å²) in [5.74, 6) is 0.883. The van der Waals surface area contributed by atoms with E-state index >= 15 is 0 Å². The molecule has 0 bridgehead atoms. The summed E-state index contributed by atoms with van der Waals surface area (Å²) in [5, 5.41) is 0.684. The van der Waals surface area contributed by atoms with Crippen molar-refractivity contribution in [3.05, 3.63) is 59.1 Å². The molecule has 0 heterocycles. The lowest BCUT2D eigenvalue weighted by atomic mass is 10.1. The predicted octanol–water partition coefficient (Wildman–Crippen LogP) is 4.68. The molecule has 0 atom stereocenters. The molecular formula is C16H16ClNO. The van der Waals surface area contributed by atoms with Gasteiger partial charge in [0.2, 0.25) is 0 Å². The molecule has 98 valence electrons. The Bertz CT molecular complexity index is 549. The Kier molecular flexibility index (Phi) is 4.99. The molecule has 2 aromatic rings. The van der Waals surface area contributed by atoms with Crippen LogP contribution in [0.4, 0.5) is 5.69 Å². The quantitative estimate of drug-likeness (QED) is 0.725. The second-order valence-corrected chi connectivity index (χ2v) is 4.56. The molecule has 2 aromatic carbocycles. The highest BCUT2D eigenvalue weighted by Gasteiger charge is 1.95. The molecule has 0 fully saturated rings. The van der Waals surface area contributed by atoms with Gasteiger partial charge in [-0.3, -0.25) is 4.99 Å². The summed E-state index contributed by atoms with van der Waals surface area (Å²) in [6.07, 6.45) is 3.75. The topological polar surface area (TPSA) is 21.6 Å². The lowest BCUT2D eigenvalue weighted by molar-refractivity contribution is 0.414. The van der Waals surface area contributed by atoms with Crippen molar-refractivity contribution in [1.29, 1.82) is 0 Å². The standard InChI is InChI=1S/C16H16ClNO/c1-19-14-10-8-13(9-11-14)5-4-12-18-16-7-3-2-6-15(16)17/h2-3,6-12H,4-5H2,1H3. The summed E-state index contributed by atoms with van der Waals surface area (Å²) in [6, 6.07) is 15.7. The summed E-state index contributed by atoms with van der Waals surface area (Å²) in [5.41, 5.74) is 2.09. The van der Waals surface area contributed by atoms with E-state index in [0.717, 1.165) is 24.3 Å². The summed E-state index contributed by atoms with van der Waals surface area (Å²) in [7, 11) is 1.67. The lowest BCUT2D eigenvalue weighted by Gasteiger charge is -2.01. The molecule has 0 unspecified atom stereocenters. The number of hydrogen-bond donors (Lipinski definition) is 0. The van der Waals surface area contributed by atoms with Crippen molar-refractivity contribution in [3.8, 4) is 5.75 Å². The number of hydrogen-bond acceptors (Lipinski definition) is 2. The van der Waals surface area contributed by atoms with Gasteiger partial charge in [-0.15, -0.1) is 0 Å². The van der Waals surface area contributed by atoms with Crippen molar-refractivity contribution in [2.45, 2.75) is 12.8 Å². The van der Waals surface area contributed by atoms with Gasteiger partial charge in [0, 0.05) is 6.21 Å². The maximum Gasteiger partial charge on any atom is 0.118 e. The predicted molar refractivity (Wildman–Crippen MR) is 80.9 cm³/mol. The van der Waals surface area contributed by atoms with Crippen molar-refractivity contribution in [2.75, 3.05) is 7.11 Å². The fourth-order valence-electron chi connectivity index (χ4n) is 1.74. The van der Waals surface area contributed by atoms with Crippen LogP contribution >= 0.6 is 11.6 Å². The van der Waals surface area contributed by atoms with E-state index in [-0.39, 0.29) is 0 Å². The van der Waals surface area contributed by atoms with E-state index in [9.17, 15) is 0 Å². The van der Waals surface area contributed by atoms with Crippen LogP contribution < -0.4 is 4.74 Å². The normalized spacial score (nSPS) is 10.8. The van der Waals surface area contributed by atoms with Crippen LogP contribution in [0.15, 0.2) is 53.5 Å². The molecular weight excluding hydrogens is 258 g/mol. The van der Waals surface area contributed by atoms with E-state index in [1.54, 1.807) is 7.11 Å². The van der Waals surface area contributed by atoms with Crippen LogP contribution in [0.25, 0.3) is 0 Å². The molecule has 0 amide bonds. The highest BCUT2D eigenvalue weighted by Crippen LogP contribution is 2.23. The average Bonchev–Trinajstić information content (AvgIpc) is 2.46. The number of methoxy groups -OCH3 is 1. The van der Waals surface area contributed by atoms with Gasteiger partial charge < -0.3 is 4.74 Å². The SMILES string of the molecule is COc1ccc(CCC=Nc2ccccc2Cl)cc1. The fourth-order valence-corrected chi connectivity index (χ4v) is 1.93. The zero-order valence-corrected chi connectivity index (χ0v) is 11.6. The van der Waals surface area contributed by atoms with Crippen LogP contribution in [0, 0.1) is 0 Å². The number of para-hydroxylation sites is 1. The van der Waals surface area contributed by atoms with Crippen LogP contribution in [-0.4, -0.2) is 13.3 Å². The van der Waals surface area contributed by atoms with E-state index in [0.29, 0.717) is 5.02 Å². The molecule has 0 aliphatic rings. The second-order valence-electron chi connectivity index (χ2n) is 4.15. The Labute approximate surface area is 118 Å². The van der Waals surface area contributed by atoms with Crippen molar-refractivity contribution in [2.24, 2.45) is 4.99 Å². The summed E-state index contributed by atoms with van der Waals surface area (Å²) in [4.78, 5) is 4.37. The minimum absolute atomic E-state index is 0.684. The number of ether oxygens (including phenoxy) is 1. The highest BCUT2D eigenvalue weighted by molar-refractivity contribution is 6.33. The number of aliphatic imine (C=N–C) groups is 1. The maximum absolute atomic E-state index is 6.03. The van der Waals surface area contributed by atoms with Gasteiger partial charge in [0.25, 0.3) is 0 Å². The van der Waals surface area contributed by atoms with Gasteiger partial charge in [-0.2, -0.15) is 0 Å². The minimum atomic E-state index is 0.684. The van der Waals surface area contributed by atoms with Gasteiger partial charge in [0.05, 0.1) is 17.8 Å². The Morgan fingerprint density at radius 1 is 1.11 bits per heavy atom. The third kappa shape index (κ3) is 4.11. The third-order valence-corrected chi connectivity index (χ3v) is 3.12. The van der Waals surface area contributed by atoms with Gasteiger partial charge in [0.15, 0.2) is 0 Å². The van der Waals surface area contributed by atoms with E-state index in [1.165, 1.54) is 5.56 Å². The molecule has 19 heavy (non-hydrogen) atoms. The number of nitrogens with zero attached hydrogens (tertiary/aromatic N) is 1. The third-order valence-electron chi connectivity index (χ3n) is 2.80. The zero-order valence-electron chi connectivity index (χ0n) is 10.8. The Hall–Kier alpha value is -1.80. The first-order chi connectivity index (χ1) is 9.29.